The van der Waals surface area contributed by atoms with Crippen LogP contribution >= 0.6 is 11.3 Å². The summed E-state index contributed by atoms with van der Waals surface area (Å²) in [7, 11) is 0. The summed E-state index contributed by atoms with van der Waals surface area (Å²) in [6.07, 6.45) is 1.90. The number of carbonyl (C=O) groups excluding carboxylic acids is 1. The van der Waals surface area contributed by atoms with E-state index in [0.29, 0.717) is 13.2 Å². The van der Waals surface area contributed by atoms with Gasteiger partial charge < -0.3 is 14.7 Å². The highest BCUT2D eigenvalue weighted by Gasteiger charge is 2.44. The number of hydrogen-bond donors (Lipinski definition) is 1. The highest BCUT2D eigenvalue weighted by atomic mass is 32.1. The molecule has 3 atom stereocenters. The lowest BCUT2D eigenvalue weighted by atomic mass is 10.0. The van der Waals surface area contributed by atoms with E-state index in [1.807, 2.05) is 21.7 Å². The molecule has 1 aliphatic heterocycles. The first kappa shape index (κ1) is 12.1. The summed E-state index contributed by atoms with van der Waals surface area (Å²) in [5.41, 5.74) is 0.771. The van der Waals surface area contributed by atoms with Crippen molar-refractivity contribution in [3.05, 3.63) is 22.4 Å². The van der Waals surface area contributed by atoms with Gasteiger partial charge in [-0.15, -0.1) is 0 Å². The number of rotatable bonds is 2. The van der Waals surface area contributed by atoms with E-state index in [1.54, 1.807) is 11.3 Å². The van der Waals surface area contributed by atoms with Gasteiger partial charge in [-0.1, -0.05) is 0 Å². The molecule has 2 aliphatic rings. The van der Waals surface area contributed by atoms with Gasteiger partial charge in [-0.3, -0.25) is 4.79 Å². The second kappa shape index (κ2) is 4.99. The van der Waals surface area contributed by atoms with Gasteiger partial charge in [0.1, 0.15) is 0 Å². The largest absolute Gasteiger partial charge is 0.396 e. The summed E-state index contributed by atoms with van der Waals surface area (Å²) in [6, 6.07) is 2.01. The minimum absolute atomic E-state index is 0.0198. The fourth-order valence-electron chi connectivity index (χ4n) is 3.06. The molecule has 0 radical (unpaired) electrons. The van der Waals surface area contributed by atoms with Gasteiger partial charge >= 0.3 is 0 Å². The number of fused-ring (bicyclic) bond motifs is 1. The van der Waals surface area contributed by atoms with Crippen molar-refractivity contribution in [2.24, 2.45) is 5.92 Å². The van der Waals surface area contributed by atoms with Crippen molar-refractivity contribution in [1.29, 1.82) is 0 Å². The highest BCUT2D eigenvalue weighted by Crippen LogP contribution is 2.35. The molecule has 3 unspecified atom stereocenters. The number of aliphatic hydroxyl groups excluding tert-OH is 1. The first-order chi connectivity index (χ1) is 8.81. The lowest BCUT2D eigenvalue weighted by Crippen LogP contribution is -2.52. The van der Waals surface area contributed by atoms with Crippen LogP contribution in [0.15, 0.2) is 16.8 Å². The van der Waals surface area contributed by atoms with E-state index in [4.69, 9.17) is 4.74 Å². The zero-order valence-corrected chi connectivity index (χ0v) is 10.9. The molecule has 1 aromatic rings. The normalized spacial score (nSPS) is 31.4. The summed E-state index contributed by atoms with van der Waals surface area (Å²) < 4.78 is 5.75. The molecule has 2 fully saturated rings. The molecule has 3 rings (SSSR count). The minimum Gasteiger partial charge on any atom is -0.396 e. The topological polar surface area (TPSA) is 49.8 Å². The van der Waals surface area contributed by atoms with E-state index in [2.05, 4.69) is 0 Å². The molecule has 0 bridgehead atoms. The van der Waals surface area contributed by atoms with Crippen LogP contribution in [0.3, 0.4) is 0 Å². The minimum atomic E-state index is 0.0198. The van der Waals surface area contributed by atoms with Crippen LogP contribution in [-0.2, 0) is 4.74 Å². The molecule has 0 aromatic carbocycles. The van der Waals surface area contributed by atoms with Crippen LogP contribution in [0, 0.1) is 5.92 Å². The summed E-state index contributed by atoms with van der Waals surface area (Å²) >= 11 is 1.54. The van der Waals surface area contributed by atoms with Crippen LogP contribution in [0.2, 0.25) is 0 Å². The van der Waals surface area contributed by atoms with E-state index < -0.39 is 0 Å². The van der Waals surface area contributed by atoms with E-state index in [-0.39, 0.29) is 30.6 Å². The zero-order valence-electron chi connectivity index (χ0n) is 10.1. The summed E-state index contributed by atoms with van der Waals surface area (Å²) in [6.45, 7) is 1.39. The van der Waals surface area contributed by atoms with Crippen LogP contribution in [0.4, 0.5) is 0 Å². The molecule has 1 aromatic heterocycles. The average Bonchev–Trinajstić information content (AvgIpc) is 3.06. The summed E-state index contributed by atoms with van der Waals surface area (Å²) in [5.74, 6) is 0.293. The predicted molar refractivity (Wildman–Crippen MR) is 68.7 cm³/mol. The Bertz CT molecular complexity index is 420. The number of ether oxygens (including phenoxy) is 1. The van der Waals surface area contributed by atoms with Crippen molar-refractivity contribution < 1.29 is 14.6 Å². The molecule has 0 spiro atoms. The van der Waals surface area contributed by atoms with Crippen molar-refractivity contribution in [2.45, 2.75) is 25.0 Å². The third-order valence-electron chi connectivity index (χ3n) is 3.98. The van der Waals surface area contributed by atoms with Gasteiger partial charge in [-0.2, -0.15) is 11.3 Å². The Morgan fingerprint density at radius 2 is 2.44 bits per heavy atom. The first-order valence-electron chi connectivity index (χ1n) is 6.37. The van der Waals surface area contributed by atoms with Gasteiger partial charge in [0, 0.05) is 24.4 Å². The quantitative estimate of drug-likeness (QED) is 0.880. The smallest absolute Gasteiger partial charge is 0.255 e. The van der Waals surface area contributed by atoms with Gasteiger partial charge in [-0.25, -0.2) is 0 Å². The standard InChI is InChI=1S/C13H17NO3S/c15-7-9-1-2-11-12(9)17-5-4-14(11)13(16)10-3-6-18-8-10/h3,6,8-9,11-12,15H,1-2,4-5,7H2. The van der Waals surface area contributed by atoms with Gasteiger partial charge in [0.2, 0.25) is 0 Å². The number of aliphatic hydroxyl groups is 1. The average molecular weight is 267 g/mol. The third-order valence-corrected chi connectivity index (χ3v) is 4.67. The van der Waals surface area contributed by atoms with Crippen molar-refractivity contribution in [2.75, 3.05) is 19.8 Å². The van der Waals surface area contributed by atoms with Crippen molar-refractivity contribution in [3.8, 4) is 0 Å². The van der Waals surface area contributed by atoms with Crippen LogP contribution in [0.25, 0.3) is 0 Å². The number of morpholine rings is 1. The Morgan fingerprint density at radius 1 is 1.56 bits per heavy atom. The second-order valence-corrected chi connectivity index (χ2v) is 5.71. The molecular formula is C13H17NO3S. The lowest BCUT2D eigenvalue weighted by Gasteiger charge is -2.39. The second-order valence-electron chi connectivity index (χ2n) is 4.93. The van der Waals surface area contributed by atoms with E-state index >= 15 is 0 Å². The maximum atomic E-state index is 12.4. The Kier molecular flexibility index (Phi) is 3.37. The Labute approximate surface area is 110 Å². The van der Waals surface area contributed by atoms with E-state index in [9.17, 15) is 9.90 Å². The maximum Gasteiger partial charge on any atom is 0.255 e. The molecular weight excluding hydrogens is 250 g/mol. The molecule has 1 amide bonds. The number of carbonyl (C=O) groups is 1. The van der Waals surface area contributed by atoms with Gasteiger partial charge in [0.25, 0.3) is 5.91 Å². The molecule has 1 aliphatic carbocycles. The maximum absolute atomic E-state index is 12.4. The first-order valence-corrected chi connectivity index (χ1v) is 7.31. The summed E-state index contributed by atoms with van der Waals surface area (Å²) in [4.78, 5) is 14.3. The number of hydrogen-bond acceptors (Lipinski definition) is 4. The molecule has 1 N–H and O–H groups in total. The summed E-state index contributed by atoms with van der Waals surface area (Å²) in [5, 5.41) is 13.2. The van der Waals surface area contributed by atoms with Gasteiger partial charge in [-0.05, 0) is 24.3 Å². The third kappa shape index (κ3) is 1.96. The monoisotopic (exact) mass is 267 g/mol. The molecule has 18 heavy (non-hydrogen) atoms. The van der Waals surface area contributed by atoms with Crippen LogP contribution in [0.5, 0.6) is 0 Å². The zero-order chi connectivity index (χ0) is 12.5. The van der Waals surface area contributed by atoms with Crippen molar-refractivity contribution >= 4 is 17.2 Å². The highest BCUT2D eigenvalue weighted by molar-refractivity contribution is 7.08. The molecule has 4 nitrogen and oxygen atoms in total. The van der Waals surface area contributed by atoms with Crippen molar-refractivity contribution in [1.82, 2.24) is 4.90 Å². The fraction of sp³-hybridized carbons (Fsp3) is 0.615. The van der Waals surface area contributed by atoms with Crippen molar-refractivity contribution in [3.63, 3.8) is 0 Å². The molecule has 1 saturated heterocycles. The van der Waals surface area contributed by atoms with Gasteiger partial charge in [0.05, 0.1) is 24.3 Å². The number of thiophene rings is 1. The number of nitrogens with zero attached hydrogens (tertiary/aromatic N) is 1. The molecule has 2 heterocycles. The molecule has 1 saturated carbocycles. The van der Waals surface area contributed by atoms with E-state index in [1.165, 1.54) is 0 Å². The van der Waals surface area contributed by atoms with Gasteiger partial charge in [0.15, 0.2) is 0 Å². The predicted octanol–water partition coefficient (Wildman–Crippen LogP) is 1.36. The fourth-order valence-corrected chi connectivity index (χ4v) is 3.69. The molecule has 5 heteroatoms. The van der Waals surface area contributed by atoms with Crippen LogP contribution in [0.1, 0.15) is 23.2 Å². The van der Waals surface area contributed by atoms with E-state index in [0.717, 1.165) is 18.4 Å². The Hall–Kier alpha value is -0.910. The van der Waals surface area contributed by atoms with Crippen LogP contribution < -0.4 is 0 Å². The Balaban J connectivity index is 1.79. The Morgan fingerprint density at radius 3 is 3.17 bits per heavy atom. The SMILES string of the molecule is O=C(c1ccsc1)N1CCOC2C(CO)CCC21. The lowest BCUT2D eigenvalue weighted by molar-refractivity contribution is -0.0694. The van der Waals surface area contributed by atoms with Crippen LogP contribution in [-0.4, -0.2) is 47.8 Å². The number of amides is 1. The molecule has 98 valence electrons.